The molecule has 3 aromatic heterocycles. The lowest BCUT2D eigenvalue weighted by Crippen LogP contribution is -2.25. The number of benzene rings is 4. The third kappa shape index (κ3) is 10.2. The highest BCUT2D eigenvalue weighted by Crippen LogP contribution is 2.41. The van der Waals surface area contributed by atoms with Gasteiger partial charge < -0.3 is 18.9 Å². The van der Waals surface area contributed by atoms with Gasteiger partial charge in [0, 0.05) is 48.5 Å². The number of methoxy groups -OCH3 is 4. The van der Waals surface area contributed by atoms with Crippen molar-refractivity contribution in [3.8, 4) is 45.1 Å². The number of ether oxygens (including phenoxy) is 4. The van der Waals surface area contributed by atoms with E-state index in [1.807, 2.05) is 96.5 Å². The van der Waals surface area contributed by atoms with Crippen LogP contribution in [0.15, 0.2) is 132 Å². The number of nitrogens with zero attached hydrogens (tertiary/aromatic N) is 5. The first-order chi connectivity index (χ1) is 33.7. The Balaban J connectivity index is 0.000000173. The summed E-state index contributed by atoms with van der Waals surface area (Å²) in [7, 11) is 6.48. The number of aromatic nitrogens is 5. The Labute approximate surface area is 409 Å². The van der Waals surface area contributed by atoms with Crippen molar-refractivity contribution < 1.29 is 23.7 Å². The summed E-state index contributed by atoms with van der Waals surface area (Å²) < 4.78 is 25.8. The molecule has 0 atom stereocenters. The molecule has 0 spiro atoms. The van der Waals surface area contributed by atoms with E-state index in [-0.39, 0.29) is 18.2 Å². The Bertz CT molecular complexity index is 3070. The number of carbonyl (C=O) groups excluding carboxylic acids is 1. The van der Waals surface area contributed by atoms with E-state index < -0.39 is 0 Å². The van der Waals surface area contributed by atoms with Gasteiger partial charge in [0.05, 0.1) is 36.9 Å². The van der Waals surface area contributed by atoms with Crippen LogP contribution in [0.3, 0.4) is 0 Å². The summed E-state index contributed by atoms with van der Waals surface area (Å²) in [6, 6.07) is 36.0. The molecule has 69 heavy (non-hydrogen) atoms. The van der Waals surface area contributed by atoms with Crippen LogP contribution in [0.4, 0.5) is 0 Å². The van der Waals surface area contributed by atoms with E-state index >= 15 is 0 Å². The molecule has 356 valence electrons. The molecule has 0 saturated carbocycles. The predicted octanol–water partition coefficient (Wildman–Crippen LogP) is 12.7. The zero-order chi connectivity index (χ0) is 48.4. The minimum Gasteiger partial charge on any atom is -0.497 e. The Morgan fingerprint density at radius 2 is 1.17 bits per heavy atom. The average Bonchev–Trinajstić information content (AvgIpc) is 3.94. The zero-order valence-electron chi connectivity index (χ0n) is 40.4. The molecule has 0 bridgehead atoms. The highest BCUT2D eigenvalue weighted by atomic mass is 35.5. The van der Waals surface area contributed by atoms with E-state index in [0.717, 1.165) is 112 Å². The molecule has 0 fully saturated rings. The van der Waals surface area contributed by atoms with Gasteiger partial charge in [0.2, 0.25) is 0 Å². The summed E-state index contributed by atoms with van der Waals surface area (Å²) in [6.07, 6.45) is 14.3. The molecule has 7 aromatic rings. The number of fused-ring (bicyclic) bond motifs is 2. The number of halogens is 1. The maximum Gasteiger partial charge on any atom is 0.281 e. The minimum absolute atomic E-state index is 0.0521. The normalized spacial score (nSPS) is 14.5. The maximum absolute atomic E-state index is 14.1. The summed E-state index contributed by atoms with van der Waals surface area (Å²) in [4.78, 5) is 32.8. The van der Waals surface area contributed by atoms with E-state index in [4.69, 9.17) is 35.9 Å². The van der Waals surface area contributed by atoms with Crippen LogP contribution in [0.1, 0.15) is 91.2 Å². The molecule has 0 unspecified atom stereocenters. The fourth-order valence-corrected chi connectivity index (χ4v) is 9.67. The molecule has 0 saturated heterocycles. The number of hydrogen-bond donors (Lipinski definition) is 0. The second kappa shape index (κ2) is 22.5. The molecule has 1 aliphatic heterocycles. The van der Waals surface area contributed by atoms with Crippen LogP contribution >= 0.6 is 11.6 Å². The van der Waals surface area contributed by atoms with Gasteiger partial charge in [-0.1, -0.05) is 114 Å². The Morgan fingerprint density at radius 1 is 0.623 bits per heavy atom. The van der Waals surface area contributed by atoms with Crippen molar-refractivity contribution in [2.45, 2.75) is 78.4 Å². The van der Waals surface area contributed by atoms with Gasteiger partial charge in [-0.05, 0) is 112 Å². The highest BCUT2D eigenvalue weighted by Gasteiger charge is 2.32. The quantitative estimate of drug-likeness (QED) is 0.118. The summed E-state index contributed by atoms with van der Waals surface area (Å²) in [5.41, 5.74) is 15.2. The highest BCUT2D eigenvalue weighted by molar-refractivity contribution is 6.22. The topological polar surface area (TPSA) is 111 Å². The van der Waals surface area contributed by atoms with E-state index in [9.17, 15) is 9.59 Å². The minimum atomic E-state index is -0.107. The van der Waals surface area contributed by atoms with Crippen LogP contribution in [0.2, 0.25) is 0 Å². The van der Waals surface area contributed by atoms with Gasteiger partial charge in [0.25, 0.3) is 11.5 Å². The number of allylic oxidation sites excluding steroid dienone is 6. The third-order valence-electron chi connectivity index (χ3n) is 12.9. The van der Waals surface area contributed by atoms with Gasteiger partial charge >= 0.3 is 0 Å². The van der Waals surface area contributed by atoms with Gasteiger partial charge in [-0.25, -0.2) is 9.67 Å². The smallest absolute Gasteiger partial charge is 0.281 e. The van der Waals surface area contributed by atoms with Crippen LogP contribution < -0.4 is 15.0 Å². The fourth-order valence-electron chi connectivity index (χ4n) is 9.67. The first kappa shape index (κ1) is 48.7. The number of rotatable bonds is 11. The number of aryl methyl sites for hydroxylation is 1. The first-order valence-corrected chi connectivity index (χ1v) is 24.1. The van der Waals surface area contributed by atoms with Gasteiger partial charge in [-0.2, -0.15) is 14.3 Å². The van der Waals surface area contributed by atoms with Crippen LogP contribution in [0.5, 0.6) is 11.5 Å². The molecule has 12 heteroatoms. The van der Waals surface area contributed by atoms with Crippen LogP contribution in [-0.2, 0) is 22.6 Å². The fraction of sp³-hybridized carbons (Fsp3) is 0.298. The van der Waals surface area contributed by atoms with Crippen molar-refractivity contribution in [1.82, 2.24) is 24.0 Å². The Kier molecular flexibility index (Phi) is 15.9. The predicted molar refractivity (Wildman–Crippen MR) is 277 cm³/mol. The van der Waals surface area contributed by atoms with Gasteiger partial charge in [-0.3, -0.25) is 9.59 Å². The standard InChI is InChI=1S/C28H29N3O3.C27H26N2O2.C2H5ClO/c1-19-24(21-14-16-23(34-3)17-15-21)28(32)31-27(29-19)25(20-10-6-4-7-11-20)26(30(31)18-33-2)22-12-8-5-9-13-22;1-18-17-23-25(19-9-5-3-6-10-19)26(21-11-7-4-8-12-21)28-29(23)27(30)24(18)20-13-15-22(31-2)16-14-20;1-4-2-3/h5,8-10,12-17H,4,6-7,11,18H2,1-3H3;4,7-9,11-16H,3,5-6,10,17H2,1-2H3;2H2,1H3. The molecular weight excluding hydrogens is 886 g/mol. The second-order valence-corrected chi connectivity index (χ2v) is 17.5. The molecule has 0 radical (unpaired) electrons. The lowest BCUT2D eigenvalue weighted by molar-refractivity contribution is 0.0958. The molecule has 0 amide bonds. The number of hydrogen-bond acceptors (Lipinski definition) is 8. The molecular formula is C57H60ClN5O6. The Hall–Kier alpha value is -6.79. The van der Waals surface area contributed by atoms with Crippen molar-refractivity contribution in [3.05, 3.63) is 165 Å². The molecule has 2 aliphatic carbocycles. The van der Waals surface area contributed by atoms with Crippen LogP contribution in [0, 0.1) is 6.92 Å². The molecule has 3 aliphatic rings. The lowest BCUT2D eigenvalue weighted by Gasteiger charge is -2.21. The summed E-state index contributed by atoms with van der Waals surface area (Å²) >= 11 is 4.96. The molecule has 0 N–H and O–H groups in total. The third-order valence-corrected chi connectivity index (χ3v) is 13.1. The van der Waals surface area contributed by atoms with Crippen molar-refractivity contribution in [1.29, 1.82) is 0 Å². The zero-order valence-corrected chi connectivity index (χ0v) is 41.1. The van der Waals surface area contributed by atoms with E-state index in [0.29, 0.717) is 23.0 Å². The maximum atomic E-state index is 14.1. The largest absolute Gasteiger partial charge is 0.497 e. The van der Waals surface area contributed by atoms with Crippen LogP contribution in [0.25, 0.3) is 56.0 Å². The Morgan fingerprint density at radius 3 is 1.70 bits per heavy atom. The van der Waals surface area contributed by atoms with E-state index in [1.54, 1.807) is 37.6 Å². The molecule has 11 nitrogen and oxygen atoms in total. The average molecular weight is 947 g/mol. The second-order valence-electron chi connectivity index (χ2n) is 17.3. The van der Waals surface area contributed by atoms with Crippen LogP contribution in [-0.4, -0.2) is 64.4 Å². The monoisotopic (exact) mass is 945 g/mol. The van der Waals surface area contributed by atoms with Crippen molar-refractivity contribution >= 4 is 39.9 Å². The summed E-state index contributed by atoms with van der Waals surface area (Å²) in [6.45, 7) is 4.21. The van der Waals surface area contributed by atoms with Gasteiger partial charge in [-0.15, -0.1) is 0 Å². The van der Waals surface area contributed by atoms with Gasteiger partial charge in [0.15, 0.2) is 5.65 Å². The summed E-state index contributed by atoms with van der Waals surface area (Å²) in [5, 5.41) is 4.89. The number of carbonyl (C=O) groups is 1. The first-order valence-electron chi connectivity index (χ1n) is 23.6. The molecule has 4 aromatic carbocycles. The summed E-state index contributed by atoms with van der Waals surface area (Å²) in [5.74, 6) is 1.47. The van der Waals surface area contributed by atoms with Gasteiger partial charge in [0.1, 0.15) is 30.0 Å². The van der Waals surface area contributed by atoms with Crippen molar-refractivity contribution in [2.24, 2.45) is 0 Å². The number of alkyl halides is 1. The molecule has 10 rings (SSSR count). The SMILES string of the molecule is COCCl.COCn1c(-c2ccccc2)c(C2=CCCCC2)c2nc(C)c(-c3ccc(OC)cc3)c(=O)n21.COc1ccc(C2=C(C)Cc3c(C4=CCCCC4)c(-c4ccccc4)nn3C2=O)cc1. The molecule has 4 heterocycles. The van der Waals surface area contributed by atoms with E-state index in [1.165, 1.54) is 30.4 Å². The lowest BCUT2D eigenvalue weighted by atomic mass is 9.87. The van der Waals surface area contributed by atoms with Crippen molar-refractivity contribution in [2.75, 3.05) is 34.5 Å². The van der Waals surface area contributed by atoms with Crippen molar-refractivity contribution in [3.63, 3.8) is 0 Å². The van der Waals surface area contributed by atoms with E-state index in [2.05, 4.69) is 48.1 Å².